The maximum atomic E-state index is 4.75. The van der Waals surface area contributed by atoms with Crippen molar-refractivity contribution in [3.63, 3.8) is 0 Å². The van der Waals surface area contributed by atoms with Crippen LogP contribution in [-0.4, -0.2) is 7.11 Å². The lowest BCUT2D eigenvalue weighted by Gasteiger charge is -2.01. The maximum Gasteiger partial charge on any atom is 0.0589 e. The van der Waals surface area contributed by atoms with Gasteiger partial charge in [-0.25, -0.2) is 0 Å². The molecule has 6 heteroatoms. The summed E-state index contributed by atoms with van der Waals surface area (Å²) in [5.74, 6) is 4.75. The van der Waals surface area contributed by atoms with Crippen LogP contribution in [0.2, 0.25) is 0 Å². The molecule has 6 nitrogen and oxygen atoms in total. The van der Waals surface area contributed by atoms with Gasteiger partial charge in [0.2, 0.25) is 0 Å². The van der Waals surface area contributed by atoms with E-state index in [4.69, 9.17) is 5.84 Å². The zero-order chi connectivity index (χ0) is 5.54. The smallest absolute Gasteiger partial charge is 0.0589 e. The van der Waals surface area contributed by atoms with E-state index < -0.39 is 0 Å². The van der Waals surface area contributed by atoms with Gasteiger partial charge < -0.3 is 0 Å². The Balaban J connectivity index is 2.45. The number of hydrogen-bond acceptors (Lipinski definition) is 6. The summed E-state index contributed by atoms with van der Waals surface area (Å²) in [5, 5.41) is 0. The van der Waals surface area contributed by atoms with E-state index in [0.29, 0.717) is 0 Å². The highest BCUT2D eigenvalue weighted by molar-refractivity contribution is 3.97. The van der Waals surface area contributed by atoms with E-state index in [1.165, 1.54) is 7.11 Å². The van der Waals surface area contributed by atoms with E-state index in [-0.39, 0.29) is 0 Å². The Labute approximate surface area is 41.2 Å². The molecule has 0 fully saturated rings. The van der Waals surface area contributed by atoms with Crippen LogP contribution < -0.4 is 28.0 Å². The fourth-order valence-electron chi connectivity index (χ4n) is 0.113. The van der Waals surface area contributed by atoms with Gasteiger partial charge in [-0.05, 0) is 0 Å². The molecule has 0 radical (unpaired) electrons. The molecular weight excluding hydrogens is 98.0 g/mol. The van der Waals surface area contributed by atoms with E-state index in [1.807, 2.05) is 0 Å². The molecule has 0 aliphatic rings. The van der Waals surface area contributed by atoms with Crippen molar-refractivity contribution in [2.75, 3.05) is 7.11 Å². The van der Waals surface area contributed by atoms with Gasteiger partial charge in [-0.3, -0.25) is 10.7 Å². The Morgan fingerprint density at radius 1 is 1.43 bits per heavy atom. The molecule has 0 aromatic rings. The number of nitrogens with two attached hydrogens (primary N) is 1. The largest absolute Gasteiger partial charge is 0.289 e. The SMILES string of the molecule is CONNNNN. The number of hydrogen-bond donors (Lipinski definition) is 5. The molecule has 0 bridgehead atoms. The summed E-state index contributed by atoms with van der Waals surface area (Å²) in [6, 6.07) is 0. The van der Waals surface area contributed by atoms with Crippen molar-refractivity contribution >= 4 is 0 Å². The quantitative estimate of drug-likeness (QED) is 0.155. The number of nitrogens with one attached hydrogen (secondary N) is 4. The third-order valence-corrected chi connectivity index (χ3v) is 0.288. The van der Waals surface area contributed by atoms with Crippen molar-refractivity contribution < 1.29 is 4.84 Å². The second-order valence-corrected chi connectivity index (χ2v) is 0.701. The van der Waals surface area contributed by atoms with Crippen LogP contribution in [0, 0.1) is 0 Å². The Hall–Kier alpha value is -0.240. The monoisotopic (exact) mass is 107 g/mol. The van der Waals surface area contributed by atoms with Gasteiger partial charge in [0.25, 0.3) is 0 Å². The first kappa shape index (κ1) is 6.76. The second-order valence-electron chi connectivity index (χ2n) is 0.701. The molecule has 0 saturated carbocycles. The molecule has 0 spiro atoms. The van der Waals surface area contributed by atoms with Gasteiger partial charge in [-0.2, -0.15) is 16.6 Å². The zero-order valence-electron chi connectivity index (χ0n) is 3.99. The average Bonchev–Trinajstić information content (AvgIpc) is 1.69. The van der Waals surface area contributed by atoms with Gasteiger partial charge in [-0.1, -0.05) is 0 Å². The molecule has 44 valence electrons. The van der Waals surface area contributed by atoms with Crippen molar-refractivity contribution in [2.45, 2.75) is 0 Å². The van der Waals surface area contributed by atoms with Crippen LogP contribution in [0.3, 0.4) is 0 Å². The summed E-state index contributed by atoms with van der Waals surface area (Å²) in [5.41, 5.74) is 8.96. The van der Waals surface area contributed by atoms with E-state index in [9.17, 15) is 0 Å². The van der Waals surface area contributed by atoms with Crippen LogP contribution in [0.1, 0.15) is 0 Å². The summed E-state index contributed by atoms with van der Waals surface area (Å²) in [7, 11) is 1.46. The minimum Gasteiger partial charge on any atom is -0.289 e. The number of rotatable bonds is 4. The lowest BCUT2D eigenvalue weighted by Crippen LogP contribution is -2.52. The first-order valence-corrected chi connectivity index (χ1v) is 1.65. The summed E-state index contributed by atoms with van der Waals surface area (Å²) < 4.78 is 0. The van der Waals surface area contributed by atoms with Crippen LogP contribution in [0.4, 0.5) is 0 Å². The molecule has 0 atom stereocenters. The van der Waals surface area contributed by atoms with Crippen molar-refractivity contribution in [1.82, 2.24) is 22.2 Å². The molecule has 6 N–H and O–H groups in total. The van der Waals surface area contributed by atoms with Crippen LogP contribution in [0.25, 0.3) is 0 Å². The highest BCUT2D eigenvalue weighted by Gasteiger charge is 1.69. The predicted molar refractivity (Wildman–Crippen MR) is 23.7 cm³/mol. The molecule has 0 aromatic heterocycles. The summed E-state index contributed by atoms with van der Waals surface area (Å²) in [4.78, 5) is 4.32. The minimum atomic E-state index is 1.46. The van der Waals surface area contributed by atoms with E-state index in [2.05, 4.69) is 27.0 Å². The second kappa shape index (κ2) is 5.76. The highest BCUT2D eigenvalue weighted by atomic mass is 16.7. The summed E-state index contributed by atoms with van der Waals surface area (Å²) in [6.07, 6.45) is 0. The van der Waals surface area contributed by atoms with Crippen molar-refractivity contribution in [2.24, 2.45) is 5.84 Å². The van der Waals surface area contributed by atoms with Crippen molar-refractivity contribution in [3.05, 3.63) is 0 Å². The normalized spacial score (nSPS) is 9.43. The Morgan fingerprint density at radius 2 is 2.14 bits per heavy atom. The topological polar surface area (TPSA) is 83.4 Å². The Bertz CT molecular complexity index is 27.3. The summed E-state index contributed by atoms with van der Waals surface area (Å²) >= 11 is 0. The third-order valence-electron chi connectivity index (χ3n) is 0.288. The Kier molecular flexibility index (Phi) is 5.56. The minimum absolute atomic E-state index is 1.46. The van der Waals surface area contributed by atoms with Crippen molar-refractivity contribution in [3.8, 4) is 0 Å². The van der Waals surface area contributed by atoms with Gasteiger partial charge >= 0.3 is 0 Å². The molecule has 0 aliphatic carbocycles. The molecule has 7 heavy (non-hydrogen) atoms. The fraction of sp³-hybridized carbons (Fsp3) is 1.00. The molecule has 0 rings (SSSR count). The van der Waals surface area contributed by atoms with Crippen LogP contribution in [0.15, 0.2) is 0 Å². The molecule has 0 amide bonds. The highest BCUT2D eigenvalue weighted by Crippen LogP contribution is 1.34. The maximum absolute atomic E-state index is 4.75. The van der Waals surface area contributed by atoms with E-state index in [1.54, 1.807) is 0 Å². The molecule has 0 saturated heterocycles. The van der Waals surface area contributed by atoms with Gasteiger partial charge in [0, 0.05) is 0 Å². The lowest BCUT2D eigenvalue weighted by atomic mass is 11.7. The third kappa shape index (κ3) is 5.76. The fourth-order valence-corrected chi connectivity index (χ4v) is 0.113. The van der Waals surface area contributed by atoms with Gasteiger partial charge in [-0.15, -0.1) is 5.59 Å². The predicted octanol–water partition coefficient (Wildman–Crippen LogP) is -2.48. The number of hydrazine groups is 4. The molecule has 0 unspecified atom stereocenters. The lowest BCUT2D eigenvalue weighted by molar-refractivity contribution is 0.0359. The Morgan fingerprint density at radius 3 is 2.57 bits per heavy atom. The molecule has 0 aliphatic heterocycles. The van der Waals surface area contributed by atoms with Crippen molar-refractivity contribution in [1.29, 1.82) is 0 Å². The van der Waals surface area contributed by atoms with Gasteiger partial charge in [0.05, 0.1) is 7.11 Å². The van der Waals surface area contributed by atoms with Crippen LogP contribution in [0.5, 0.6) is 0 Å². The zero-order valence-corrected chi connectivity index (χ0v) is 3.99. The van der Waals surface area contributed by atoms with E-state index in [0.717, 1.165) is 0 Å². The molecule has 0 aromatic carbocycles. The average molecular weight is 107 g/mol. The van der Waals surface area contributed by atoms with Gasteiger partial charge in [0.1, 0.15) is 0 Å². The standard InChI is InChI=1S/CH9N5O/c1-7-6-5-4-3-2/h3-6H,2H2,1H3. The summed E-state index contributed by atoms with van der Waals surface area (Å²) in [6.45, 7) is 0. The molecular formula is CH9N5O. The van der Waals surface area contributed by atoms with E-state index >= 15 is 0 Å². The van der Waals surface area contributed by atoms with Crippen LogP contribution >= 0.6 is 0 Å². The first-order chi connectivity index (χ1) is 3.41. The first-order valence-electron chi connectivity index (χ1n) is 1.65. The molecule has 0 heterocycles. The van der Waals surface area contributed by atoms with Gasteiger partial charge in [0.15, 0.2) is 0 Å². The van der Waals surface area contributed by atoms with Crippen LogP contribution in [-0.2, 0) is 4.84 Å².